The van der Waals surface area contributed by atoms with Gasteiger partial charge in [0, 0.05) is 6.54 Å². The average molecular weight is 268 g/mol. The molecule has 0 aliphatic carbocycles. The first-order valence-electron chi connectivity index (χ1n) is 4.66. The predicted molar refractivity (Wildman–Crippen MR) is 64.5 cm³/mol. The Kier molecular flexibility index (Phi) is 6.46. The summed E-state index contributed by atoms with van der Waals surface area (Å²) in [6.45, 7) is 2.04. The molecule has 2 N–H and O–H groups in total. The summed E-state index contributed by atoms with van der Waals surface area (Å²) in [5.74, 6) is -1.49. The van der Waals surface area contributed by atoms with Crippen LogP contribution in [0.1, 0.15) is 13.3 Å². The summed E-state index contributed by atoms with van der Waals surface area (Å²) in [6.07, 6.45) is 0.614. The SMILES string of the molecule is CCCN(CC(N)=S)S(=O)(=O)CC(=O)OC. The molecule has 0 aromatic rings. The van der Waals surface area contributed by atoms with Crippen molar-refractivity contribution in [2.75, 3.05) is 26.0 Å². The molecule has 0 spiro atoms. The Hall–Kier alpha value is -0.730. The van der Waals surface area contributed by atoms with Crippen molar-refractivity contribution in [2.24, 2.45) is 5.73 Å². The van der Waals surface area contributed by atoms with Crippen LogP contribution in [-0.2, 0) is 19.6 Å². The summed E-state index contributed by atoms with van der Waals surface area (Å²) < 4.78 is 28.9. The molecule has 0 aromatic carbocycles. The normalized spacial score (nSPS) is 11.4. The zero-order chi connectivity index (χ0) is 12.8. The van der Waals surface area contributed by atoms with E-state index in [1.165, 1.54) is 0 Å². The van der Waals surface area contributed by atoms with Gasteiger partial charge in [-0.15, -0.1) is 0 Å². The number of hydrogen-bond acceptors (Lipinski definition) is 5. The fraction of sp³-hybridized carbons (Fsp3) is 0.750. The molecule has 0 fully saturated rings. The van der Waals surface area contributed by atoms with Gasteiger partial charge >= 0.3 is 5.97 Å². The van der Waals surface area contributed by atoms with Crippen LogP contribution in [0.5, 0.6) is 0 Å². The van der Waals surface area contributed by atoms with Crippen LogP contribution in [0.25, 0.3) is 0 Å². The Balaban J connectivity index is 4.75. The molecular formula is C8H16N2O4S2. The molecule has 0 saturated carbocycles. The van der Waals surface area contributed by atoms with Crippen molar-refractivity contribution in [3.63, 3.8) is 0 Å². The number of carbonyl (C=O) groups is 1. The van der Waals surface area contributed by atoms with Crippen LogP contribution >= 0.6 is 12.2 Å². The van der Waals surface area contributed by atoms with Gasteiger partial charge in [0.15, 0.2) is 5.75 Å². The Labute approximate surface area is 101 Å². The molecule has 0 atom stereocenters. The molecule has 0 aliphatic heterocycles. The third kappa shape index (κ3) is 5.38. The van der Waals surface area contributed by atoms with Crippen molar-refractivity contribution in [3.8, 4) is 0 Å². The van der Waals surface area contributed by atoms with Gasteiger partial charge < -0.3 is 10.5 Å². The van der Waals surface area contributed by atoms with E-state index in [1.807, 2.05) is 6.92 Å². The van der Waals surface area contributed by atoms with Crippen molar-refractivity contribution in [1.29, 1.82) is 0 Å². The zero-order valence-electron chi connectivity index (χ0n) is 9.30. The largest absolute Gasteiger partial charge is 0.468 e. The van der Waals surface area contributed by atoms with Gasteiger partial charge in [-0.3, -0.25) is 4.79 Å². The summed E-state index contributed by atoms with van der Waals surface area (Å²) in [5, 5.41) is 0. The van der Waals surface area contributed by atoms with E-state index in [0.717, 1.165) is 11.4 Å². The lowest BCUT2D eigenvalue weighted by atomic mass is 10.5. The molecule has 16 heavy (non-hydrogen) atoms. The Morgan fingerprint density at radius 2 is 2.06 bits per heavy atom. The van der Waals surface area contributed by atoms with E-state index in [-0.39, 0.29) is 18.1 Å². The quantitative estimate of drug-likeness (QED) is 0.494. The minimum atomic E-state index is -3.70. The monoisotopic (exact) mass is 268 g/mol. The number of ether oxygens (including phenoxy) is 1. The van der Waals surface area contributed by atoms with Gasteiger partial charge in [0.1, 0.15) is 0 Å². The minimum Gasteiger partial charge on any atom is -0.468 e. The van der Waals surface area contributed by atoms with Crippen LogP contribution < -0.4 is 5.73 Å². The van der Waals surface area contributed by atoms with Crippen molar-refractivity contribution in [3.05, 3.63) is 0 Å². The van der Waals surface area contributed by atoms with Crippen LogP contribution in [0.2, 0.25) is 0 Å². The smallest absolute Gasteiger partial charge is 0.322 e. The number of nitrogens with two attached hydrogens (primary N) is 1. The van der Waals surface area contributed by atoms with Gasteiger partial charge in [0.2, 0.25) is 10.0 Å². The van der Waals surface area contributed by atoms with Gasteiger partial charge in [-0.05, 0) is 6.42 Å². The Bertz CT molecular complexity index is 353. The number of carbonyl (C=O) groups excluding carboxylic acids is 1. The van der Waals surface area contributed by atoms with Gasteiger partial charge in [0.25, 0.3) is 0 Å². The number of nitrogens with zero attached hydrogens (tertiary/aromatic N) is 1. The maximum atomic E-state index is 11.7. The zero-order valence-corrected chi connectivity index (χ0v) is 10.9. The van der Waals surface area contributed by atoms with Crippen molar-refractivity contribution in [2.45, 2.75) is 13.3 Å². The van der Waals surface area contributed by atoms with Crippen LogP contribution in [0.3, 0.4) is 0 Å². The lowest BCUT2D eigenvalue weighted by molar-refractivity contribution is -0.137. The average Bonchev–Trinajstić information content (AvgIpc) is 2.15. The molecule has 94 valence electrons. The van der Waals surface area contributed by atoms with Crippen molar-refractivity contribution < 1.29 is 17.9 Å². The Morgan fingerprint density at radius 1 is 1.50 bits per heavy atom. The topological polar surface area (TPSA) is 89.7 Å². The number of rotatable bonds is 7. The van der Waals surface area contributed by atoms with Crippen molar-refractivity contribution in [1.82, 2.24) is 4.31 Å². The summed E-state index contributed by atoms with van der Waals surface area (Å²) in [5.41, 5.74) is 5.29. The first-order chi connectivity index (χ1) is 7.33. The summed E-state index contributed by atoms with van der Waals surface area (Å²) in [6, 6.07) is 0. The molecule has 8 heteroatoms. The molecule has 0 bridgehead atoms. The standard InChI is InChI=1S/C8H16N2O4S2/c1-3-4-10(5-7(9)15)16(12,13)6-8(11)14-2/h3-6H2,1-2H3,(H2,9,15). The van der Waals surface area contributed by atoms with Crippen LogP contribution in [-0.4, -0.2) is 49.6 Å². The van der Waals surface area contributed by atoms with E-state index in [0.29, 0.717) is 6.42 Å². The number of sulfonamides is 1. The molecule has 0 aliphatic rings. The molecule has 0 rings (SSSR count). The number of esters is 1. The van der Waals surface area contributed by atoms with E-state index >= 15 is 0 Å². The fourth-order valence-corrected chi connectivity index (χ4v) is 2.67. The van der Waals surface area contributed by atoms with Gasteiger partial charge in [-0.1, -0.05) is 19.1 Å². The minimum absolute atomic E-state index is 0.0531. The summed E-state index contributed by atoms with van der Waals surface area (Å²) in [4.78, 5) is 11.0. The van der Waals surface area contributed by atoms with Crippen LogP contribution in [0.4, 0.5) is 0 Å². The predicted octanol–water partition coefficient (Wildman–Crippen LogP) is -0.513. The second-order valence-electron chi connectivity index (χ2n) is 3.13. The highest BCUT2D eigenvalue weighted by Gasteiger charge is 2.25. The molecular weight excluding hydrogens is 252 g/mol. The molecule has 0 amide bonds. The second-order valence-corrected chi connectivity index (χ2v) is 5.63. The van der Waals surface area contributed by atoms with E-state index in [4.69, 9.17) is 5.73 Å². The second kappa shape index (κ2) is 6.77. The van der Waals surface area contributed by atoms with E-state index < -0.39 is 21.7 Å². The number of thiocarbonyl (C=S) groups is 1. The lowest BCUT2D eigenvalue weighted by Gasteiger charge is -2.20. The van der Waals surface area contributed by atoms with E-state index in [2.05, 4.69) is 17.0 Å². The first kappa shape index (κ1) is 15.3. The fourth-order valence-electron chi connectivity index (χ4n) is 1.04. The molecule has 0 unspecified atom stereocenters. The maximum Gasteiger partial charge on any atom is 0.322 e. The molecule has 0 heterocycles. The van der Waals surface area contributed by atoms with Crippen molar-refractivity contribution >= 4 is 33.2 Å². The third-order valence-electron chi connectivity index (χ3n) is 1.73. The highest BCUT2D eigenvalue weighted by molar-refractivity contribution is 7.89. The highest BCUT2D eigenvalue weighted by atomic mass is 32.2. The molecule has 0 saturated heterocycles. The van der Waals surface area contributed by atoms with Gasteiger partial charge in [0.05, 0.1) is 18.6 Å². The third-order valence-corrected chi connectivity index (χ3v) is 3.55. The lowest BCUT2D eigenvalue weighted by Crippen LogP contribution is -2.41. The van der Waals surface area contributed by atoms with Gasteiger partial charge in [-0.25, -0.2) is 8.42 Å². The molecule has 0 radical (unpaired) electrons. The number of methoxy groups -OCH3 is 1. The van der Waals surface area contributed by atoms with Crippen LogP contribution in [0.15, 0.2) is 0 Å². The molecule has 6 nitrogen and oxygen atoms in total. The van der Waals surface area contributed by atoms with Crippen LogP contribution in [0, 0.1) is 0 Å². The molecule has 0 aromatic heterocycles. The van der Waals surface area contributed by atoms with Gasteiger partial charge in [-0.2, -0.15) is 4.31 Å². The Morgan fingerprint density at radius 3 is 2.44 bits per heavy atom. The number of hydrogen-bond donors (Lipinski definition) is 1. The first-order valence-corrected chi connectivity index (χ1v) is 6.68. The highest BCUT2D eigenvalue weighted by Crippen LogP contribution is 2.03. The summed E-state index contributed by atoms with van der Waals surface area (Å²) in [7, 11) is -2.57. The summed E-state index contributed by atoms with van der Waals surface area (Å²) >= 11 is 4.65. The van der Waals surface area contributed by atoms with E-state index in [9.17, 15) is 13.2 Å². The maximum absolute atomic E-state index is 11.7. The van der Waals surface area contributed by atoms with E-state index in [1.54, 1.807) is 0 Å².